The van der Waals surface area contributed by atoms with Crippen LogP contribution in [0.3, 0.4) is 0 Å². The number of esters is 1. The second-order valence-electron chi connectivity index (χ2n) is 6.53. The first-order chi connectivity index (χ1) is 13.7. The van der Waals surface area contributed by atoms with Crippen molar-refractivity contribution < 1.29 is 14.3 Å². The maximum absolute atomic E-state index is 12.3. The summed E-state index contributed by atoms with van der Waals surface area (Å²) in [6, 6.07) is 10.2. The average Bonchev–Trinajstić information content (AvgIpc) is 3.04. The minimum absolute atomic E-state index is 0.116. The zero-order valence-corrected chi connectivity index (χ0v) is 18.3. The number of thiazole rings is 1. The number of nitrogens with one attached hydrogen (secondary N) is 2. The van der Waals surface area contributed by atoms with Crippen LogP contribution in [0.1, 0.15) is 40.1 Å². The Morgan fingerprint density at radius 1 is 1.17 bits per heavy atom. The third kappa shape index (κ3) is 5.29. The number of aromatic nitrogens is 1. The third-order valence-electron chi connectivity index (χ3n) is 3.85. The van der Waals surface area contributed by atoms with Gasteiger partial charge < -0.3 is 10.1 Å². The van der Waals surface area contributed by atoms with Gasteiger partial charge in [-0.2, -0.15) is 0 Å². The molecule has 0 radical (unpaired) electrons. The highest BCUT2D eigenvalue weighted by molar-refractivity contribution is 7.80. The number of carbonyl (C=O) groups is 2. The Kier molecular flexibility index (Phi) is 6.46. The highest BCUT2D eigenvalue weighted by atomic mass is 35.5. The molecule has 2 aromatic carbocycles. The lowest BCUT2D eigenvalue weighted by Crippen LogP contribution is -2.34. The molecule has 1 aromatic heterocycles. The van der Waals surface area contributed by atoms with Gasteiger partial charge >= 0.3 is 5.97 Å². The number of carbonyl (C=O) groups excluding carboxylic acids is 2. The number of hydrogen-bond acceptors (Lipinski definition) is 6. The van der Waals surface area contributed by atoms with E-state index in [1.165, 1.54) is 11.3 Å². The largest absolute Gasteiger partial charge is 0.459 e. The molecule has 0 bridgehead atoms. The van der Waals surface area contributed by atoms with Crippen LogP contribution in [-0.4, -0.2) is 28.1 Å². The molecule has 0 spiro atoms. The van der Waals surface area contributed by atoms with E-state index in [0.717, 1.165) is 10.3 Å². The zero-order valence-electron chi connectivity index (χ0n) is 15.9. The molecule has 6 nitrogen and oxygen atoms in total. The second-order valence-corrected chi connectivity index (χ2v) is 8.37. The first-order valence-corrected chi connectivity index (χ1v) is 10.3. The summed E-state index contributed by atoms with van der Waals surface area (Å²) in [5, 5.41) is 6.63. The Balaban J connectivity index is 1.69. The first-order valence-electron chi connectivity index (χ1n) is 8.73. The van der Waals surface area contributed by atoms with Crippen LogP contribution < -0.4 is 10.6 Å². The fraction of sp³-hybridized carbons (Fsp3) is 0.200. The van der Waals surface area contributed by atoms with Crippen molar-refractivity contribution in [2.75, 3.05) is 5.32 Å². The van der Waals surface area contributed by atoms with E-state index in [2.05, 4.69) is 15.6 Å². The predicted octanol–water partition coefficient (Wildman–Crippen LogP) is 4.95. The molecule has 0 aliphatic heterocycles. The van der Waals surface area contributed by atoms with E-state index in [1.54, 1.807) is 50.2 Å². The van der Waals surface area contributed by atoms with Crippen molar-refractivity contribution in [3.8, 4) is 0 Å². The fourth-order valence-electron chi connectivity index (χ4n) is 2.42. The molecule has 9 heteroatoms. The molecule has 150 valence electrons. The fourth-order valence-corrected chi connectivity index (χ4v) is 3.77. The molecule has 1 amide bonds. The lowest BCUT2D eigenvalue weighted by molar-refractivity contribution is 0.0378. The summed E-state index contributed by atoms with van der Waals surface area (Å²) < 4.78 is 6.01. The van der Waals surface area contributed by atoms with Crippen LogP contribution >= 0.6 is 35.2 Å². The maximum atomic E-state index is 12.3. The molecule has 0 aliphatic rings. The van der Waals surface area contributed by atoms with Crippen LogP contribution in [0.15, 0.2) is 36.4 Å². The van der Waals surface area contributed by atoms with E-state index in [9.17, 15) is 9.59 Å². The van der Waals surface area contributed by atoms with Gasteiger partial charge in [0.05, 0.1) is 21.9 Å². The van der Waals surface area contributed by atoms with Gasteiger partial charge in [-0.3, -0.25) is 10.1 Å². The Bertz CT molecular complexity index is 1110. The van der Waals surface area contributed by atoms with Crippen LogP contribution in [0.25, 0.3) is 10.2 Å². The molecule has 0 atom stereocenters. The number of halogens is 1. The van der Waals surface area contributed by atoms with Gasteiger partial charge in [0.2, 0.25) is 0 Å². The molecule has 0 saturated heterocycles. The lowest BCUT2D eigenvalue weighted by atomic mass is 10.1. The van der Waals surface area contributed by atoms with E-state index in [-0.39, 0.29) is 23.1 Å². The molecule has 0 saturated carbocycles. The summed E-state index contributed by atoms with van der Waals surface area (Å²) in [6.45, 7) is 5.45. The van der Waals surface area contributed by atoms with Crippen LogP contribution in [0, 0.1) is 6.92 Å². The number of benzene rings is 2. The minimum Gasteiger partial charge on any atom is -0.459 e. The molecule has 3 aromatic rings. The number of nitrogens with zero attached hydrogens (tertiary/aromatic N) is 1. The van der Waals surface area contributed by atoms with Crippen LogP contribution in [0.4, 0.5) is 5.13 Å². The number of rotatable bonds is 4. The predicted molar refractivity (Wildman–Crippen MR) is 120 cm³/mol. The first kappa shape index (κ1) is 21.2. The average molecular weight is 448 g/mol. The second kappa shape index (κ2) is 8.86. The smallest absolute Gasteiger partial charge is 0.338 e. The van der Waals surface area contributed by atoms with Crippen molar-refractivity contribution in [3.05, 3.63) is 58.1 Å². The number of ether oxygens (including phenoxy) is 1. The van der Waals surface area contributed by atoms with E-state index in [4.69, 9.17) is 28.6 Å². The number of thiocarbonyl (C=S) groups is 1. The normalized spacial score (nSPS) is 10.8. The lowest BCUT2D eigenvalue weighted by Gasteiger charge is -2.08. The number of hydrogen-bond donors (Lipinski definition) is 2. The Morgan fingerprint density at radius 2 is 1.90 bits per heavy atom. The van der Waals surface area contributed by atoms with Gasteiger partial charge in [-0.05, 0) is 68.9 Å². The Hall–Kier alpha value is -2.55. The summed E-state index contributed by atoms with van der Waals surface area (Å²) >= 11 is 12.6. The van der Waals surface area contributed by atoms with Crippen LogP contribution in [-0.2, 0) is 4.74 Å². The summed E-state index contributed by atoms with van der Waals surface area (Å²) in [5.74, 6) is -0.756. The van der Waals surface area contributed by atoms with Gasteiger partial charge in [-0.15, -0.1) is 0 Å². The van der Waals surface area contributed by atoms with Crippen LogP contribution in [0.5, 0.6) is 0 Å². The van der Waals surface area contributed by atoms with Crippen molar-refractivity contribution in [2.24, 2.45) is 0 Å². The summed E-state index contributed by atoms with van der Waals surface area (Å²) in [6.07, 6.45) is -0.193. The van der Waals surface area contributed by atoms with Crippen molar-refractivity contribution in [1.82, 2.24) is 10.3 Å². The third-order valence-corrected chi connectivity index (χ3v) is 5.39. The zero-order chi connectivity index (χ0) is 21.1. The number of fused-ring (bicyclic) bond motifs is 1. The molecule has 0 unspecified atom stereocenters. The van der Waals surface area contributed by atoms with E-state index in [0.29, 0.717) is 26.8 Å². The standard InChI is InChI=1S/C20H18ClN3O3S2/c1-10(2)27-18(26)13-6-7-15-16(9-13)29-20(22-15)24-19(28)23-17(25)12-5-4-11(3)14(21)8-12/h4-10H,1-3H3,(H2,22,23,24,25,28). The van der Waals surface area contributed by atoms with Gasteiger partial charge in [-0.1, -0.05) is 29.0 Å². The summed E-state index contributed by atoms with van der Waals surface area (Å²) in [4.78, 5) is 28.8. The molecule has 1 heterocycles. The quantitative estimate of drug-likeness (QED) is 0.435. The topological polar surface area (TPSA) is 80.3 Å². The SMILES string of the molecule is Cc1ccc(C(=O)NC(=S)Nc2nc3ccc(C(=O)OC(C)C)cc3s2)cc1Cl. The van der Waals surface area contributed by atoms with Gasteiger partial charge in [-0.25, -0.2) is 9.78 Å². The summed E-state index contributed by atoms with van der Waals surface area (Å²) in [5.41, 5.74) is 2.45. The molecule has 0 aliphatic carbocycles. The maximum Gasteiger partial charge on any atom is 0.338 e. The number of anilines is 1. The van der Waals surface area contributed by atoms with E-state index < -0.39 is 0 Å². The number of amides is 1. The van der Waals surface area contributed by atoms with Gasteiger partial charge in [0, 0.05) is 10.6 Å². The van der Waals surface area contributed by atoms with E-state index >= 15 is 0 Å². The van der Waals surface area contributed by atoms with Crippen molar-refractivity contribution >= 4 is 67.5 Å². The molecule has 0 fully saturated rings. The number of aryl methyl sites for hydroxylation is 1. The van der Waals surface area contributed by atoms with Crippen molar-refractivity contribution in [1.29, 1.82) is 0 Å². The Morgan fingerprint density at radius 3 is 2.59 bits per heavy atom. The highest BCUT2D eigenvalue weighted by Gasteiger charge is 2.14. The Labute approximate surface area is 182 Å². The minimum atomic E-state index is -0.385. The highest BCUT2D eigenvalue weighted by Crippen LogP contribution is 2.27. The van der Waals surface area contributed by atoms with Gasteiger partial charge in [0.25, 0.3) is 5.91 Å². The molecule has 2 N–H and O–H groups in total. The molecule has 3 rings (SSSR count). The molecular formula is C20H18ClN3O3S2. The van der Waals surface area contributed by atoms with Crippen molar-refractivity contribution in [2.45, 2.75) is 26.9 Å². The van der Waals surface area contributed by atoms with E-state index in [1.807, 2.05) is 6.92 Å². The monoisotopic (exact) mass is 447 g/mol. The van der Waals surface area contributed by atoms with Crippen LogP contribution in [0.2, 0.25) is 5.02 Å². The molecule has 29 heavy (non-hydrogen) atoms. The van der Waals surface area contributed by atoms with Crippen molar-refractivity contribution in [3.63, 3.8) is 0 Å². The summed E-state index contributed by atoms with van der Waals surface area (Å²) in [7, 11) is 0. The van der Waals surface area contributed by atoms with Gasteiger partial charge in [0.15, 0.2) is 10.2 Å². The molecular weight excluding hydrogens is 430 g/mol. The van der Waals surface area contributed by atoms with Gasteiger partial charge in [0.1, 0.15) is 0 Å².